The van der Waals surface area contributed by atoms with Gasteiger partial charge in [0.05, 0.1) is 0 Å². The fourth-order valence-electron chi connectivity index (χ4n) is 4.92. The fraction of sp³-hybridized carbons (Fsp3) is 0.520. The molecular weight excluding hydrogens is 300 g/mol. The minimum absolute atomic E-state index is 0.303. The molecule has 0 nitrogen and oxygen atoms in total. The standard InChI is InChI=1S/C25H34/c1-3-5-7-10-21-13-15-24(16-14-21)25(4-2)19-17-23(18-20-25)22-11-8-6-9-12-22/h3,6,8-9,11-12,17-21,23-24H,1,4-5,7,10,13-16H2,2H3. The maximum atomic E-state index is 3.85. The summed E-state index contributed by atoms with van der Waals surface area (Å²) >= 11 is 0. The van der Waals surface area contributed by atoms with E-state index in [1.807, 2.05) is 0 Å². The molecule has 1 aromatic carbocycles. The quantitative estimate of drug-likeness (QED) is 0.358. The molecular formula is C25H34. The molecule has 2 aliphatic rings. The molecule has 0 heterocycles. The Bertz CT molecular complexity index is 570. The molecule has 0 heteroatoms. The molecule has 0 radical (unpaired) electrons. The Morgan fingerprint density at radius 3 is 2.32 bits per heavy atom. The highest BCUT2D eigenvalue weighted by Gasteiger charge is 2.36. The number of hydrogen-bond donors (Lipinski definition) is 0. The van der Waals surface area contributed by atoms with Gasteiger partial charge in [-0.15, -0.1) is 6.58 Å². The molecule has 0 saturated heterocycles. The van der Waals surface area contributed by atoms with Gasteiger partial charge in [-0.1, -0.05) is 86.9 Å². The predicted octanol–water partition coefficient (Wildman–Crippen LogP) is 7.46. The Morgan fingerprint density at radius 1 is 1.04 bits per heavy atom. The van der Waals surface area contributed by atoms with Gasteiger partial charge in [0, 0.05) is 11.3 Å². The van der Waals surface area contributed by atoms with Crippen molar-refractivity contribution in [1.82, 2.24) is 0 Å². The van der Waals surface area contributed by atoms with Crippen molar-refractivity contribution in [3.05, 3.63) is 72.9 Å². The van der Waals surface area contributed by atoms with E-state index in [-0.39, 0.29) is 0 Å². The number of rotatable bonds is 7. The van der Waals surface area contributed by atoms with Crippen molar-refractivity contribution in [2.24, 2.45) is 17.3 Å². The molecule has 0 aromatic heterocycles. The minimum atomic E-state index is 0.303. The Hall–Kier alpha value is -1.56. The molecule has 1 saturated carbocycles. The van der Waals surface area contributed by atoms with Crippen LogP contribution in [0.25, 0.3) is 0 Å². The normalized spacial score (nSPS) is 31.8. The van der Waals surface area contributed by atoms with Crippen LogP contribution in [0.15, 0.2) is 67.3 Å². The number of benzene rings is 1. The van der Waals surface area contributed by atoms with E-state index >= 15 is 0 Å². The molecule has 0 N–H and O–H groups in total. The van der Waals surface area contributed by atoms with Gasteiger partial charge in [-0.2, -0.15) is 0 Å². The van der Waals surface area contributed by atoms with Gasteiger partial charge in [-0.05, 0) is 49.5 Å². The van der Waals surface area contributed by atoms with E-state index < -0.39 is 0 Å². The average molecular weight is 335 g/mol. The smallest absolute Gasteiger partial charge is 0.0199 e. The zero-order valence-corrected chi connectivity index (χ0v) is 15.9. The highest BCUT2D eigenvalue weighted by molar-refractivity contribution is 5.34. The summed E-state index contributed by atoms with van der Waals surface area (Å²) in [6, 6.07) is 10.9. The first kappa shape index (κ1) is 18.2. The lowest BCUT2D eigenvalue weighted by atomic mass is 9.63. The second-order valence-electron chi connectivity index (χ2n) is 8.06. The molecule has 1 aromatic rings. The van der Waals surface area contributed by atoms with E-state index in [0.29, 0.717) is 11.3 Å². The van der Waals surface area contributed by atoms with E-state index in [2.05, 4.69) is 74.2 Å². The maximum absolute atomic E-state index is 3.85. The van der Waals surface area contributed by atoms with Crippen LogP contribution >= 0.6 is 0 Å². The summed E-state index contributed by atoms with van der Waals surface area (Å²) in [5.74, 6) is 2.24. The van der Waals surface area contributed by atoms with Gasteiger partial charge in [-0.25, -0.2) is 0 Å². The summed E-state index contributed by atoms with van der Waals surface area (Å²) in [6.45, 7) is 6.22. The Kier molecular flexibility index (Phi) is 6.34. The lowest BCUT2D eigenvalue weighted by Gasteiger charge is -2.42. The topological polar surface area (TPSA) is 0 Å². The summed E-state index contributed by atoms with van der Waals surface area (Å²) in [7, 11) is 0. The van der Waals surface area contributed by atoms with Gasteiger partial charge in [-0.3, -0.25) is 0 Å². The van der Waals surface area contributed by atoms with Crippen molar-refractivity contribution in [1.29, 1.82) is 0 Å². The Balaban J connectivity index is 1.60. The third kappa shape index (κ3) is 4.35. The van der Waals surface area contributed by atoms with Crippen LogP contribution in [0, 0.1) is 17.3 Å². The van der Waals surface area contributed by atoms with E-state index in [1.165, 1.54) is 56.9 Å². The SMILES string of the molecule is C=CCCCC1CCC(C2(CC)C=CC(c3ccccc3)C=C2)CC1. The Labute approximate surface area is 154 Å². The summed E-state index contributed by atoms with van der Waals surface area (Å²) in [5, 5.41) is 0. The van der Waals surface area contributed by atoms with Crippen LogP contribution in [0.3, 0.4) is 0 Å². The highest BCUT2D eigenvalue weighted by atomic mass is 14.4. The molecule has 134 valence electrons. The van der Waals surface area contributed by atoms with Gasteiger partial charge < -0.3 is 0 Å². The van der Waals surface area contributed by atoms with Crippen LogP contribution in [-0.4, -0.2) is 0 Å². The number of allylic oxidation sites excluding steroid dienone is 5. The van der Waals surface area contributed by atoms with E-state index in [9.17, 15) is 0 Å². The van der Waals surface area contributed by atoms with Gasteiger partial charge >= 0.3 is 0 Å². The third-order valence-corrected chi connectivity index (χ3v) is 6.65. The van der Waals surface area contributed by atoms with E-state index in [4.69, 9.17) is 0 Å². The fourth-order valence-corrected chi connectivity index (χ4v) is 4.92. The van der Waals surface area contributed by atoms with Crippen LogP contribution in [0.1, 0.15) is 69.8 Å². The second kappa shape index (κ2) is 8.70. The first-order chi connectivity index (χ1) is 12.3. The lowest BCUT2D eigenvalue weighted by Crippen LogP contribution is -2.31. The first-order valence-corrected chi connectivity index (χ1v) is 10.3. The lowest BCUT2D eigenvalue weighted by molar-refractivity contribution is 0.170. The van der Waals surface area contributed by atoms with Crippen molar-refractivity contribution in [3.63, 3.8) is 0 Å². The monoisotopic (exact) mass is 334 g/mol. The molecule has 0 atom stereocenters. The second-order valence-corrected chi connectivity index (χ2v) is 8.06. The predicted molar refractivity (Wildman–Crippen MR) is 110 cm³/mol. The Morgan fingerprint density at radius 2 is 1.72 bits per heavy atom. The van der Waals surface area contributed by atoms with Crippen molar-refractivity contribution in [3.8, 4) is 0 Å². The highest BCUT2D eigenvalue weighted by Crippen LogP contribution is 2.48. The van der Waals surface area contributed by atoms with Crippen LogP contribution in [0.5, 0.6) is 0 Å². The van der Waals surface area contributed by atoms with Crippen molar-refractivity contribution >= 4 is 0 Å². The van der Waals surface area contributed by atoms with Crippen LogP contribution in [-0.2, 0) is 0 Å². The molecule has 0 bridgehead atoms. The first-order valence-electron chi connectivity index (χ1n) is 10.3. The van der Waals surface area contributed by atoms with Gasteiger partial charge in [0.1, 0.15) is 0 Å². The number of hydrogen-bond acceptors (Lipinski definition) is 0. The number of unbranched alkanes of at least 4 members (excludes halogenated alkanes) is 1. The maximum Gasteiger partial charge on any atom is 0.0199 e. The summed E-state index contributed by atoms with van der Waals surface area (Å²) in [6.07, 6.45) is 22.9. The molecule has 2 aliphatic carbocycles. The zero-order chi connectivity index (χ0) is 17.5. The van der Waals surface area contributed by atoms with Crippen molar-refractivity contribution < 1.29 is 0 Å². The van der Waals surface area contributed by atoms with Gasteiger partial charge in [0.15, 0.2) is 0 Å². The molecule has 0 amide bonds. The van der Waals surface area contributed by atoms with Gasteiger partial charge in [0.2, 0.25) is 0 Å². The van der Waals surface area contributed by atoms with Crippen LogP contribution < -0.4 is 0 Å². The summed E-state index contributed by atoms with van der Waals surface area (Å²) < 4.78 is 0. The molecule has 1 fully saturated rings. The van der Waals surface area contributed by atoms with E-state index in [0.717, 1.165) is 11.8 Å². The van der Waals surface area contributed by atoms with Crippen molar-refractivity contribution in [2.75, 3.05) is 0 Å². The van der Waals surface area contributed by atoms with Crippen LogP contribution in [0.4, 0.5) is 0 Å². The third-order valence-electron chi connectivity index (χ3n) is 6.65. The summed E-state index contributed by atoms with van der Waals surface area (Å²) in [4.78, 5) is 0. The molecule has 3 rings (SSSR count). The van der Waals surface area contributed by atoms with Crippen molar-refractivity contribution in [2.45, 2.75) is 64.2 Å². The zero-order valence-electron chi connectivity index (χ0n) is 15.9. The average Bonchev–Trinajstić information content (AvgIpc) is 2.69. The molecule has 0 aliphatic heterocycles. The largest absolute Gasteiger partial charge is 0.103 e. The van der Waals surface area contributed by atoms with Crippen LogP contribution in [0.2, 0.25) is 0 Å². The van der Waals surface area contributed by atoms with Gasteiger partial charge in [0.25, 0.3) is 0 Å². The van der Waals surface area contributed by atoms with E-state index in [1.54, 1.807) is 0 Å². The molecule has 25 heavy (non-hydrogen) atoms. The molecule has 0 unspecified atom stereocenters. The minimum Gasteiger partial charge on any atom is -0.103 e. The summed E-state index contributed by atoms with van der Waals surface area (Å²) in [5.41, 5.74) is 1.71. The molecule has 0 spiro atoms.